The zero-order valence-corrected chi connectivity index (χ0v) is 12.7. The van der Waals surface area contributed by atoms with Gasteiger partial charge in [-0.15, -0.1) is 0 Å². The van der Waals surface area contributed by atoms with E-state index in [4.69, 9.17) is 0 Å². The Bertz CT molecular complexity index is 405. The molecule has 1 unspecified atom stereocenters. The van der Waals surface area contributed by atoms with Crippen LogP contribution in [0.15, 0.2) is 24.3 Å². The summed E-state index contributed by atoms with van der Waals surface area (Å²) in [5, 5.41) is 0.959. The Balaban J connectivity index is 2.92. The van der Waals surface area contributed by atoms with E-state index >= 15 is 0 Å². The molecule has 2 nitrogen and oxygen atoms in total. The minimum absolute atomic E-state index is 0.386. The fraction of sp³-hybridized carbons (Fsp3) is 0.571. The number of hydrogen-bond acceptors (Lipinski definition) is 2. The summed E-state index contributed by atoms with van der Waals surface area (Å²) >= 11 is 0. The molecule has 0 bridgehead atoms. The molecular formula is C14H24NOP. The van der Waals surface area contributed by atoms with Crippen molar-refractivity contribution >= 4 is 12.4 Å². The van der Waals surface area contributed by atoms with Crippen LogP contribution >= 0.6 is 7.14 Å². The average Bonchev–Trinajstić information content (AvgIpc) is 2.26. The molecule has 0 saturated heterocycles. The topological polar surface area (TPSA) is 20.3 Å². The Labute approximate surface area is 105 Å². The molecule has 0 aliphatic rings. The van der Waals surface area contributed by atoms with Gasteiger partial charge in [-0.2, -0.15) is 0 Å². The summed E-state index contributed by atoms with van der Waals surface area (Å²) in [5.74, 6) is 0. The smallest absolute Gasteiger partial charge is 0.109 e. The van der Waals surface area contributed by atoms with Crippen LogP contribution in [0.25, 0.3) is 0 Å². The molecule has 3 heteroatoms. The predicted molar refractivity (Wildman–Crippen MR) is 76.8 cm³/mol. The van der Waals surface area contributed by atoms with Crippen LogP contribution in [0.5, 0.6) is 0 Å². The first-order valence-electron chi connectivity index (χ1n) is 6.11. The van der Waals surface area contributed by atoms with Crippen LogP contribution < -0.4 is 5.30 Å². The Morgan fingerprint density at radius 3 is 1.88 bits per heavy atom. The van der Waals surface area contributed by atoms with Crippen LogP contribution in [-0.4, -0.2) is 31.3 Å². The fourth-order valence-electron chi connectivity index (χ4n) is 1.79. The van der Waals surface area contributed by atoms with Crippen LogP contribution in [0.3, 0.4) is 0 Å². The molecule has 0 spiro atoms. The van der Waals surface area contributed by atoms with Gasteiger partial charge in [0.1, 0.15) is 7.14 Å². The quantitative estimate of drug-likeness (QED) is 0.767. The van der Waals surface area contributed by atoms with Gasteiger partial charge in [0, 0.05) is 17.4 Å². The van der Waals surface area contributed by atoms with E-state index in [-0.39, 0.29) is 0 Å². The predicted octanol–water partition coefficient (Wildman–Crippen LogP) is 3.34. The monoisotopic (exact) mass is 253 g/mol. The highest BCUT2D eigenvalue weighted by Gasteiger charge is 2.15. The maximum atomic E-state index is 11.9. The third-order valence-electron chi connectivity index (χ3n) is 3.42. The van der Waals surface area contributed by atoms with E-state index in [1.165, 1.54) is 5.56 Å². The number of benzene rings is 1. The van der Waals surface area contributed by atoms with Crippen LogP contribution in [0, 0.1) is 0 Å². The van der Waals surface area contributed by atoms with E-state index in [0.717, 1.165) is 5.30 Å². The molecule has 0 radical (unpaired) electrons. The lowest BCUT2D eigenvalue weighted by molar-refractivity contribution is 0.210. The molecule has 96 valence electrons. The zero-order valence-electron chi connectivity index (χ0n) is 11.8. The maximum absolute atomic E-state index is 11.9. The van der Waals surface area contributed by atoms with Crippen LogP contribution in [0.1, 0.15) is 32.4 Å². The van der Waals surface area contributed by atoms with Crippen molar-refractivity contribution in [2.24, 2.45) is 0 Å². The van der Waals surface area contributed by atoms with E-state index < -0.39 is 7.14 Å². The van der Waals surface area contributed by atoms with Crippen molar-refractivity contribution in [3.05, 3.63) is 29.8 Å². The summed E-state index contributed by atoms with van der Waals surface area (Å²) in [6.07, 6.45) is 0. The second-order valence-corrected chi connectivity index (χ2v) is 8.60. The molecule has 0 amide bonds. The molecule has 1 rings (SSSR count). The van der Waals surface area contributed by atoms with E-state index in [1.807, 2.05) is 25.5 Å². The molecule has 0 aromatic heterocycles. The van der Waals surface area contributed by atoms with Crippen LogP contribution in [-0.2, 0) is 4.57 Å². The van der Waals surface area contributed by atoms with Crippen LogP contribution in [0.4, 0.5) is 0 Å². The lowest BCUT2D eigenvalue weighted by Crippen LogP contribution is -2.29. The molecule has 0 N–H and O–H groups in total. The van der Waals surface area contributed by atoms with E-state index in [2.05, 4.69) is 44.9 Å². The van der Waals surface area contributed by atoms with Gasteiger partial charge in [0.2, 0.25) is 0 Å². The minimum atomic E-state index is -2.12. The molecule has 1 aromatic rings. The van der Waals surface area contributed by atoms with Crippen LogP contribution in [0.2, 0.25) is 0 Å². The highest BCUT2D eigenvalue weighted by Crippen LogP contribution is 2.34. The SMILES string of the molecule is CC(C)N(C)C(C)c1ccc(P(C)(C)=O)cc1. The second-order valence-electron chi connectivity index (χ2n) is 5.38. The van der Waals surface area contributed by atoms with Gasteiger partial charge in [-0.05, 0) is 46.7 Å². The van der Waals surface area contributed by atoms with Gasteiger partial charge >= 0.3 is 0 Å². The van der Waals surface area contributed by atoms with Gasteiger partial charge in [-0.25, -0.2) is 0 Å². The van der Waals surface area contributed by atoms with Crippen molar-refractivity contribution in [1.29, 1.82) is 0 Å². The first-order valence-corrected chi connectivity index (χ1v) is 8.71. The summed E-state index contributed by atoms with van der Waals surface area (Å²) in [5.41, 5.74) is 1.28. The standard InChI is InChI=1S/C14H24NOP/c1-11(2)15(4)12(3)13-7-9-14(10-8-13)17(5,6)16/h7-12H,1-6H3. The lowest BCUT2D eigenvalue weighted by Gasteiger charge is -2.29. The van der Waals surface area contributed by atoms with Crippen molar-refractivity contribution in [2.45, 2.75) is 32.9 Å². The molecule has 17 heavy (non-hydrogen) atoms. The molecule has 0 saturated carbocycles. The second kappa shape index (κ2) is 5.37. The highest BCUT2D eigenvalue weighted by atomic mass is 31.2. The van der Waals surface area contributed by atoms with E-state index in [0.29, 0.717) is 12.1 Å². The largest absolute Gasteiger partial charge is 0.319 e. The van der Waals surface area contributed by atoms with Gasteiger partial charge in [0.25, 0.3) is 0 Å². The van der Waals surface area contributed by atoms with Crippen molar-refractivity contribution in [2.75, 3.05) is 20.4 Å². The Hall–Kier alpha value is -0.590. The van der Waals surface area contributed by atoms with Gasteiger partial charge in [0.15, 0.2) is 0 Å². The third kappa shape index (κ3) is 3.69. The molecule has 0 heterocycles. The first kappa shape index (κ1) is 14.5. The van der Waals surface area contributed by atoms with Gasteiger partial charge in [-0.1, -0.05) is 24.3 Å². The molecular weight excluding hydrogens is 229 g/mol. The summed E-state index contributed by atoms with van der Waals surface area (Å²) in [6, 6.07) is 9.10. The first-order chi connectivity index (χ1) is 7.73. The molecule has 0 aliphatic carbocycles. The van der Waals surface area contributed by atoms with E-state index in [1.54, 1.807) is 0 Å². The molecule has 1 atom stereocenters. The molecule has 0 aliphatic heterocycles. The Morgan fingerprint density at radius 2 is 1.53 bits per heavy atom. The Kier molecular flexibility index (Phi) is 4.57. The third-order valence-corrected chi connectivity index (χ3v) is 4.96. The highest BCUT2D eigenvalue weighted by molar-refractivity contribution is 7.70. The molecule has 0 fully saturated rings. The summed E-state index contributed by atoms with van der Waals surface area (Å²) in [6.45, 7) is 10.2. The van der Waals surface area contributed by atoms with Gasteiger partial charge in [-0.3, -0.25) is 4.90 Å². The fourth-order valence-corrected chi connectivity index (χ4v) is 2.66. The number of rotatable bonds is 4. The van der Waals surface area contributed by atoms with Crippen molar-refractivity contribution in [1.82, 2.24) is 4.90 Å². The summed E-state index contributed by atoms with van der Waals surface area (Å²) in [7, 11) is 0.00817. The number of hydrogen-bond donors (Lipinski definition) is 0. The van der Waals surface area contributed by atoms with E-state index in [9.17, 15) is 4.57 Å². The normalized spacial score (nSPS) is 14.4. The zero-order chi connectivity index (χ0) is 13.2. The van der Waals surface area contributed by atoms with Gasteiger partial charge < -0.3 is 4.57 Å². The lowest BCUT2D eigenvalue weighted by atomic mass is 10.1. The average molecular weight is 253 g/mol. The molecule has 1 aromatic carbocycles. The maximum Gasteiger partial charge on any atom is 0.109 e. The van der Waals surface area contributed by atoms with Gasteiger partial charge in [0.05, 0.1) is 0 Å². The summed E-state index contributed by atoms with van der Waals surface area (Å²) in [4.78, 5) is 2.33. The minimum Gasteiger partial charge on any atom is -0.319 e. The van der Waals surface area contributed by atoms with Crippen molar-refractivity contribution < 1.29 is 4.57 Å². The summed E-state index contributed by atoms with van der Waals surface area (Å²) < 4.78 is 11.9. The number of nitrogens with zero attached hydrogens (tertiary/aromatic N) is 1. The van der Waals surface area contributed by atoms with Crippen molar-refractivity contribution in [3.63, 3.8) is 0 Å². The Morgan fingerprint density at radius 1 is 1.06 bits per heavy atom. The van der Waals surface area contributed by atoms with Crippen molar-refractivity contribution in [3.8, 4) is 0 Å².